The summed E-state index contributed by atoms with van der Waals surface area (Å²) in [6, 6.07) is 0. The lowest BCUT2D eigenvalue weighted by molar-refractivity contribution is -0.870. The van der Waals surface area contributed by atoms with Gasteiger partial charge in [-0.1, -0.05) is 193 Å². The summed E-state index contributed by atoms with van der Waals surface area (Å²) in [5.41, 5.74) is 0. The van der Waals surface area contributed by atoms with Crippen LogP contribution in [0.5, 0.6) is 0 Å². The number of carbonyl (C=O) groups excluding carboxylic acids is 1. The van der Waals surface area contributed by atoms with Gasteiger partial charge in [0.1, 0.15) is 19.3 Å². The zero-order valence-electron chi connectivity index (χ0n) is 43.3. The predicted molar refractivity (Wildman–Crippen MR) is 286 cm³/mol. The molecule has 0 aromatic heterocycles. The Morgan fingerprint density at radius 1 is 0.478 bits per heavy atom. The second kappa shape index (κ2) is 49.3. The predicted octanol–water partition coefficient (Wildman–Crippen LogP) is 15.9. The molecule has 67 heavy (non-hydrogen) atoms. The second-order valence-electron chi connectivity index (χ2n) is 18.1. The maximum atomic E-state index is 12.7. The molecule has 0 bridgehead atoms. The van der Waals surface area contributed by atoms with Crippen molar-refractivity contribution < 1.29 is 37.3 Å². The van der Waals surface area contributed by atoms with Gasteiger partial charge in [0.05, 0.1) is 34.4 Å². The Kier molecular flexibility index (Phi) is 47.0. The van der Waals surface area contributed by atoms with Crippen molar-refractivity contribution in [1.29, 1.82) is 0 Å². The van der Waals surface area contributed by atoms with Gasteiger partial charge in [-0.25, -0.2) is 0 Å². The van der Waals surface area contributed by atoms with E-state index in [-0.39, 0.29) is 26.2 Å². The lowest BCUT2D eigenvalue weighted by Crippen LogP contribution is -2.37. The van der Waals surface area contributed by atoms with E-state index >= 15 is 0 Å². The Morgan fingerprint density at radius 3 is 1.30 bits per heavy atom. The number of hydrogen-bond donors (Lipinski definition) is 0. The summed E-state index contributed by atoms with van der Waals surface area (Å²) in [7, 11) is 1.29. The van der Waals surface area contributed by atoms with Crippen molar-refractivity contribution in [3.05, 3.63) is 122 Å². The fourth-order valence-corrected chi connectivity index (χ4v) is 7.21. The van der Waals surface area contributed by atoms with Gasteiger partial charge in [-0.3, -0.25) is 9.36 Å². The van der Waals surface area contributed by atoms with Crippen LogP contribution in [0.15, 0.2) is 122 Å². The Morgan fingerprint density at radius 2 is 0.866 bits per heavy atom. The lowest BCUT2D eigenvalue weighted by atomic mass is 10.1. The topological polar surface area (TPSA) is 94.1 Å². The smallest absolute Gasteiger partial charge is 0.306 e. The van der Waals surface area contributed by atoms with Gasteiger partial charge in [-0.2, -0.15) is 0 Å². The van der Waals surface area contributed by atoms with Crippen LogP contribution in [0.1, 0.15) is 181 Å². The summed E-state index contributed by atoms with van der Waals surface area (Å²) < 4.78 is 34.7. The summed E-state index contributed by atoms with van der Waals surface area (Å²) in [6.45, 7) is 5.16. The third-order valence-electron chi connectivity index (χ3n) is 10.5. The fraction of sp³-hybridized carbons (Fsp3) is 0.638. The Hall–Kier alpha value is -3.10. The highest BCUT2D eigenvalue weighted by atomic mass is 31.2. The van der Waals surface area contributed by atoms with Crippen LogP contribution >= 0.6 is 7.82 Å². The van der Waals surface area contributed by atoms with Gasteiger partial charge in [-0.15, -0.1) is 0 Å². The number of unbranched alkanes of at least 4 members (excludes halogenated alkanes) is 13. The SMILES string of the molecule is CC/C=C\C/C=C\C/C=C\C/C=C\C/C=C\C/C=C\C/C=C\CCCC(=O)OC(COCCCCCCCCC/C=C\C/C=C\C/C=C\CCCCCCC)COP(=O)([O-])OCC[N+](C)(C)C. The molecule has 0 saturated carbocycles. The number of esters is 1. The molecule has 9 heteroatoms. The van der Waals surface area contributed by atoms with Crippen molar-refractivity contribution in [3.8, 4) is 0 Å². The highest BCUT2D eigenvalue weighted by Gasteiger charge is 2.20. The van der Waals surface area contributed by atoms with Gasteiger partial charge in [0, 0.05) is 13.0 Å². The average molecular weight is 952 g/mol. The van der Waals surface area contributed by atoms with Crippen LogP contribution in [0.2, 0.25) is 0 Å². The molecule has 2 unspecified atom stereocenters. The van der Waals surface area contributed by atoms with Crippen LogP contribution in [-0.4, -0.2) is 70.7 Å². The molecule has 0 radical (unpaired) electrons. The van der Waals surface area contributed by atoms with Gasteiger partial charge in [0.25, 0.3) is 7.82 Å². The minimum atomic E-state index is -4.56. The van der Waals surface area contributed by atoms with Crippen LogP contribution in [0.4, 0.5) is 0 Å². The molecule has 0 aromatic carbocycles. The average Bonchev–Trinajstić information content (AvgIpc) is 3.29. The van der Waals surface area contributed by atoms with Crippen LogP contribution < -0.4 is 4.89 Å². The number of quaternary nitrogens is 1. The highest BCUT2D eigenvalue weighted by Crippen LogP contribution is 2.38. The number of likely N-dealkylation sites (N-methyl/N-ethyl adjacent to an activating group) is 1. The maximum Gasteiger partial charge on any atom is 0.306 e. The van der Waals surface area contributed by atoms with Crippen LogP contribution in [0.3, 0.4) is 0 Å². The van der Waals surface area contributed by atoms with Gasteiger partial charge in [0.2, 0.25) is 0 Å². The van der Waals surface area contributed by atoms with E-state index < -0.39 is 19.9 Å². The van der Waals surface area contributed by atoms with E-state index in [0.717, 1.165) is 89.9 Å². The zero-order chi connectivity index (χ0) is 49.0. The van der Waals surface area contributed by atoms with E-state index in [1.165, 1.54) is 64.2 Å². The molecule has 0 aliphatic rings. The molecular weight excluding hydrogens is 854 g/mol. The number of ether oxygens (including phenoxy) is 2. The van der Waals surface area contributed by atoms with Crippen LogP contribution in [0.25, 0.3) is 0 Å². The van der Waals surface area contributed by atoms with Crippen molar-refractivity contribution in [1.82, 2.24) is 0 Å². The Bertz CT molecular complexity index is 1480. The van der Waals surface area contributed by atoms with Gasteiger partial charge in [-0.05, 0) is 103 Å². The molecule has 0 aliphatic carbocycles. The number of nitrogens with zero attached hydrogens (tertiary/aromatic N) is 1. The third-order valence-corrected chi connectivity index (χ3v) is 11.5. The molecule has 0 aromatic rings. The highest BCUT2D eigenvalue weighted by molar-refractivity contribution is 7.45. The van der Waals surface area contributed by atoms with Crippen molar-refractivity contribution in [2.75, 3.05) is 54.1 Å². The number of allylic oxidation sites excluding steroid dienone is 20. The number of phosphoric acid groups is 1. The molecule has 0 amide bonds. The molecule has 0 N–H and O–H groups in total. The first-order valence-corrected chi connectivity index (χ1v) is 27.7. The molecule has 0 spiro atoms. The molecule has 0 aliphatic heterocycles. The Balaban J connectivity index is 4.31. The summed E-state index contributed by atoms with van der Waals surface area (Å²) >= 11 is 0. The minimum absolute atomic E-state index is 0.00549. The molecule has 382 valence electrons. The van der Waals surface area contributed by atoms with Gasteiger partial charge >= 0.3 is 5.97 Å². The van der Waals surface area contributed by atoms with Crippen LogP contribution in [0, 0.1) is 0 Å². The van der Waals surface area contributed by atoms with Gasteiger partial charge < -0.3 is 27.9 Å². The summed E-state index contributed by atoms with van der Waals surface area (Å²) in [5, 5.41) is 0. The van der Waals surface area contributed by atoms with Crippen molar-refractivity contribution in [3.63, 3.8) is 0 Å². The molecule has 0 heterocycles. The van der Waals surface area contributed by atoms with E-state index in [4.69, 9.17) is 18.5 Å². The molecule has 2 atom stereocenters. The third kappa shape index (κ3) is 53.7. The van der Waals surface area contributed by atoms with E-state index in [1.807, 2.05) is 21.1 Å². The van der Waals surface area contributed by atoms with Crippen molar-refractivity contribution in [2.45, 2.75) is 187 Å². The standard InChI is InChI=1S/C58H98NO7P/c1-6-8-10-12-14-16-18-20-22-24-26-28-30-31-33-35-37-39-41-43-45-47-49-51-58(60)66-57(56-65-67(61,62)64-54-52-59(3,4)5)55-63-53-50-48-46-44-42-40-38-36-34-32-29-27-25-23-21-19-17-15-13-11-9-7-2/h8,10,14,16,19-22,25-28,31-34,37,39,43,45,57H,6-7,9,11-13,15,17-18,23-24,29-30,35-36,38,40-42,44,46-56H2,1-5H3/b10-8-,16-14-,21-19-,22-20-,27-25-,28-26-,33-31-,34-32-,39-37-,45-43-. The monoisotopic (exact) mass is 952 g/mol. The fourth-order valence-electron chi connectivity index (χ4n) is 6.48. The summed E-state index contributed by atoms with van der Waals surface area (Å²) in [5.74, 6) is -0.399. The molecule has 0 fully saturated rings. The van der Waals surface area contributed by atoms with E-state index in [9.17, 15) is 14.3 Å². The van der Waals surface area contributed by atoms with E-state index in [1.54, 1.807) is 0 Å². The van der Waals surface area contributed by atoms with Crippen LogP contribution in [-0.2, 0) is 27.9 Å². The normalized spacial score (nSPS) is 14.5. The lowest BCUT2D eigenvalue weighted by Gasteiger charge is -2.28. The van der Waals surface area contributed by atoms with E-state index in [0.29, 0.717) is 24.1 Å². The molecular formula is C58H98NO7P. The number of rotatable bonds is 47. The van der Waals surface area contributed by atoms with Gasteiger partial charge in [0.15, 0.2) is 0 Å². The first-order valence-electron chi connectivity index (χ1n) is 26.3. The van der Waals surface area contributed by atoms with E-state index in [2.05, 4.69) is 135 Å². The summed E-state index contributed by atoms with van der Waals surface area (Å²) in [6.07, 6.45) is 70.9. The minimum Gasteiger partial charge on any atom is -0.756 e. The Labute approximate surface area is 412 Å². The molecule has 0 rings (SSSR count). The quantitative estimate of drug-likeness (QED) is 0.0197. The molecule has 8 nitrogen and oxygen atoms in total. The molecule has 0 saturated heterocycles. The first kappa shape index (κ1) is 63.9. The number of carbonyl (C=O) groups is 1. The first-order chi connectivity index (χ1) is 32.6. The van der Waals surface area contributed by atoms with Crippen molar-refractivity contribution >= 4 is 13.8 Å². The largest absolute Gasteiger partial charge is 0.756 e. The number of phosphoric ester groups is 1. The zero-order valence-corrected chi connectivity index (χ0v) is 44.2. The van der Waals surface area contributed by atoms with Crippen molar-refractivity contribution in [2.24, 2.45) is 0 Å². The number of hydrogen-bond acceptors (Lipinski definition) is 7. The maximum absolute atomic E-state index is 12.7. The second-order valence-corrected chi connectivity index (χ2v) is 19.6. The summed E-state index contributed by atoms with van der Waals surface area (Å²) in [4.78, 5) is 25.2.